The minimum absolute atomic E-state index is 0.0122. The number of hydrogen-bond donors (Lipinski definition) is 5. The fraction of sp³-hybridized carbons (Fsp3) is 0.853. The van der Waals surface area contributed by atoms with Gasteiger partial charge in [-0.15, -0.1) is 0 Å². The standard InChI is InChI=1S/C34H52O10/c1-17(5-10-25(18(2)31(40)41-4)43-32-29(39)28(38)27(37)26(15-35)44-32)20-8-9-21-19-6-7-23-30-24(36)12-14-34(23,16-42-30)22(19)11-13-33(20,21)3/h5-6,10,17-18,20-30,32,35-39H,7-9,11-16H2,1-4H3. The minimum Gasteiger partial charge on any atom is -0.469 e. The van der Waals surface area contributed by atoms with E-state index < -0.39 is 55.3 Å². The highest BCUT2D eigenvalue weighted by atomic mass is 16.7. The molecule has 0 aromatic rings. The maximum atomic E-state index is 12.6. The molecular weight excluding hydrogens is 568 g/mol. The third-order valence-electron chi connectivity index (χ3n) is 12.9. The molecule has 0 aromatic carbocycles. The summed E-state index contributed by atoms with van der Waals surface area (Å²) in [6, 6.07) is 0. The Kier molecular flexibility index (Phi) is 9.13. The van der Waals surface area contributed by atoms with Crippen LogP contribution in [0.1, 0.15) is 65.7 Å². The van der Waals surface area contributed by atoms with Crippen LogP contribution >= 0.6 is 0 Å². The summed E-state index contributed by atoms with van der Waals surface area (Å²) in [5.41, 5.74) is 1.96. The van der Waals surface area contributed by atoms with Gasteiger partial charge in [-0.05, 0) is 86.9 Å². The zero-order chi connectivity index (χ0) is 31.6. The number of esters is 1. The molecule has 3 saturated carbocycles. The molecule has 16 atom stereocenters. The molecule has 44 heavy (non-hydrogen) atoms. The van der Waals surface area contributed by atoms with E-state index in [1.807, 2.05) is 6.08 Å². The molecule has 6 aliphatic rings. The van der Waals surface area contributed by atoms with E-state index in [0.717, 1.165) is 51.6 Å². The van der Waals surface area contributed by atoms with Crippen molar-refractivity contribution < 1.29 is 49.3 Å². The van der Waals surface area contributed by atoms with Crippen LogP contribution in [0.25, 0.3) is 0 Å². The second-order valence-corrected chi connectivity index (χ2v) is 14.8. The van der Waals surface area contributed by atoms with E-state index in [1.165, 1.54) is 7.11 Å². The SMILES string of the molecule is COC(=O)C(C)C(C=CC(C)C1CCC2C3=CCC4C5OCC4(CCC5O)C3CCC21C)OC1OC(CO)C(O)C(O)C1O. The Labute approximate surface area is 260 Å². The highest BCUT2D eigenvalue weighted by Gasteiger charge is 2.64. The number of aliphatic hydroxyl groups excluding tert-OH is 5. The Bertz CT molecular complexity index is 1120. The van der Waals surface area contributed by atoms with E-state index in [-0.39, 0.29) is 29.0 Å². The van der Waals surface area contributed by atoms with Crippen molar-refractivity contribution in [2.24, 2.45) is 46.3 Å². The van der Waals surface area contributed by atoms with Crippen molar-refractivity contribution in [3.63, 3.8) is 0 Å². The first-order chi connectivity index (χ1) is 21.0. The summed E-state index contributed by atoms with van der Waals surface area (Å²) in [6.45, 7) is 6.56. The Hall–Kier alpha value is -1.37. The van der Waals surface area contributed by atoms with Gasteiger partial charge in [-0.2, -0.15) is 0 Å². The monoisotopic (exact) mass is 620 g/mol. The van der Waals surface area contributed by atoms with Gasteiger partial charge < -0.3 is 44.5 Å². The Balaban J connectivity index is 1.18. The molecule has 2 bridgehead atoms. The normalized spacial score (nSPS) is 48.6. The van der Waals surface area contributed by atoms with E-state index in [0.29, 0.717) is 23.7 Å². The van der Waals surface area contributed by atoms with Crippen LogP contribution in [0.15, 0.2) is 23.8 Å². The molecule has 6 rings (SSSR count). The summed E-state index contributed by atoms with van der Waals surface area (Å²) in [4.78, 5) is 12.6. The average molecular weight is 621 g/mol. The van der Waals surface area contributed by atoms with Crippen molar-refractivity contribution in [3.05, 3.63) is 23.8 Å². The number of methoxy groups -OCH3 is 1. The molecule has 0 amide bonds. The molecule has 2 aliphatic heterocycles. The van der Waals surface area contributed by atoms with Crippen LogP contribution in [-0.2, 0) is 23.7 Å². The first-order valence-corrected chi connectivity index (χ1v) is 16.7. The van der Waals surface area contributed by atoms with Crippen LogP contribution in [0, 0.1) is 46.3 Å². The van der Waals surface area contributed by atoms with Crippen molar-refractivity contribution in [1.29, 1.82) is 0 Å². The van der Waals surface area contributed by atoms with Crippen molar-refractivity contribution in [1.82, 2.24) is 0 Å². The lowest BCUT2D eigenvalue weighted by atomic mass is 9.47. The lowest BCUT2D eigenvalue weighted by molar-refractivity contribution is -0.310. The molecule has 4 aliphatic carbocycles. The molecule has 5 N–H and O–H groups in total. The van der Waals surface area contributed by atoms with E-state index in [1.54, 1.807) is 12.5 Å². The molecule has 0 spiro atoms. The zero-order valence-corrected chi connectivity index (χ0v) is 26.5. The van der Waals surface area contributed by atoms with Gasteiger partial charge >= 0.3 is 5.97 Å². The lowest BCUT2D eigenvalue weighted by Gasteiger charge is -2.56. The van der Waals surface area contributed by atoms with E-state index in [4.69, 9.17) is 18.9 Å². The number of hydrogen-bond acceptors (Lipinski definition) is 10. The second-order valence-electron chi connectivity index (χ2n) is 14.8. The van der Waals surface area contributed by atoms with E-state index in [9.17, 15) is 30.3 Å². The van der Waals surface area contributed by atoms with Crippen LogP contribution in [0.3, 0.4) is 0 Å². The van der Waals surface area contributed by atoms with Gasteiger partial charge in [0.1, 0.15) is 24.4 Å². The number of carbonyl (C=O) groups is 1. The molecular formula is C34H52O10. The Morgan fingerprint density at radius 2 is 1.82 bits per heavy atom. The van der Waals surface area contributed by atoms with Crippen LogP contribution in [0.4, 0.5) is 0 Å². The first-order valence-electron chi connectivity index (χ1n) is 16.7. The number of aliphatic hydroxyl groups is 5. The number of fused-ring (bicyclic) bond motifs is 3. The molecule has 5 fully saturated rings. The summed E-state index contributed by atoms with van der Waals surface area (Å²) < 4.78 is 22.9. The number of allylic oxidation sites excluding steroid dienone is 3. The second kappa shape index (κ2) is 12.3. The van der Waals surface area contributed by atoms with E-state index in [2.05, 4.69) is 26.0 Å². The van der Waals surface area contributed by atoms with Crippen LogP contribution in [0.5, 0.6) is 0 Å². The third kappa shape index (κ3) is 5.12. The van der Waals surface area contributed by atoms with Crippen LogP contribution in [0.2, 0.25) is 0 Å². The quantitative estimate of drug-likeness (QED) is 0.201. The van der Waals surface area contributed by atoms with Crippen molar-refractivity contribution in [3.8, 4) is 0 Å². The van der Waals surface area contributed by atoms with E-state index >= 15 is 0 Å². The average Bonchev–Trinajstić information content (AvgIpc) is 3.54. The number of ether oxygens (including phenoxy) is 4. The topological polar surface area (TPSA) is 155 Å². The summed E-state index contributed by atoms with van der Waals surface area (Å²) in [7, 11) is 1.31. The fourth-order valence-corrected chi connectivity index (χ4v) is 10.4. The Morgan fingerprint density at radius 1 is 1.05 bits per heavy atom. The Morgan fingerprint density at radius 3 is 2.55 bits per heavy atom. The highest BCUT2D eigenvalue weighted by molar-refractivity contribution is 5.72. The smallest absolute Gasteiger partial charge is 0.311 e. The largest absolute Gasteiger partial charge is 0.469 e. The van der Waals surface area contributed by atoms with Gasteiger partial charge in [0.15, 0.2) is 6.29 Å². The molecule has 10 nitrogen and oxygen atoms in total. The predicted molar refractivity (Wildman–Crippen MR) is 159 cm³/mol. The highest BCUT2D eigenvalue weighted by Crippen LogP contribution is 2.68. The minimum atomic E-state index is -1.57. The van der Waals surface area contributed by atoms with Gasteiger partial charge in [0.05, 0.1) is 44.6 Å². The number of carbonyl (C=O) groups excluding carboxylic acids is 1. The van der Waals surface area contributed by atoms with Crippen molar-refractivity contribution >= 4 is 5.97 Å². The maximum Gasteiger partial charge on any atom is 0.311 e. The van der Waals surface area contributed by atoms with Gasteiger partial charge in [-0.1, -0.05) is 37.6 Å². The predicted octanol–water partition coefficient (Wildman–Crippen LogP) is 2.10. The summed E-state index contributed by atoms with van der Waals surface area (Å²) >= 11 is 0. The zero-order valence-electron chi connectivity index (χ0n) is 26.5. The van der Waals surface area contributed by atoms with Gasteiger partial charge in [-0.25, -0.2) is 0 Å². The molecule has 2 heterocycles. The summed E-state index contributed by atoms with van der Waals surface area (Å²) in [5.74, 6) is 0.898. The molecule has 248 valence electrons. The van der Waals surface area contributed by atoms with Crippen molar-refractivity contribution in [2.75, 3.05) is 20.3 Å². The van der Waals surface area contributed by atoms with Gasteiger partial charge in [0.2, 0.25) is 0 Å². The van der Waals surface area contributed by atoms with Crippen molar-refractivity contribution in [2.45, 2.75) is 115 Å². The third-order valence-corrected chi connectivity index (χ3v) is 12.9. The molecule has 0 aromatic heterocycles. The van der Waals surface area contributed by atoms with Gasteiger partial charge in [0.25, 0.3) is 0 Å². The van der Waals surface area contributed by atoms with Crippen LogP contribution < -0.4 is 0 Å². The van der Waals surface area contributed by atoms with Crippen LogP contribution in [-0.4, -0.2) is 101 Å². The summed E-state index contributed by atoms with van der Waals surface area (Å²) in [5, 5.41) is 51.2. The molecule has 10 heteroatoms. The lowest BCUT2D eigenvalue weighted by Crippen LogP contribution is -2.60. The fourth-order valence-electron chi connectivity index (χ4n) is 10.4. The van der Waals surface area contributed by atoms with Gasteiger partial charge in [-0.3, -0.25) is 4.79 Å². The summed E-state index contributed by atoms with van der Waals surface area (Å²) in [6.07, 6.45) is 5.63. The maximum absolute atomic E-state index is 12.6. The molecule has 16 unspecified atom stereocenters. The molecule has 2 saturated heterocycles. The molecule has 0 radical (unpaired) electrons. The first kappa shape index (κ1) is 32.6. The van der Waals surface area contributed by atoms with Gasteiger partial charge in [0, 0.05) is 5.41 Å². The number of rotatable bonds is 8.